The SMILES string of the molecule is CC(C)(C)[C@@H]1CO[P@](C(C)(C)C)O1. The molecule has 0 bridgehead atoms. The van der Waals surface area contributed by atoms with E-state index in [1.165, 1.54) is 0 Å². The van der Waals surface area contributed by atoms with Crippen molar-refractivity contribution >= 4 is 8.38 Å². The van der Waals surface area contributed by atoms with Crippen LogP contribution in [0.5, 0.6) is 0 Å². The first-order valence-corrected chi connectivity index (χ1v) is 5.99. The van der Waals surface area contributed by atoms with Gasteiger partial charge in [0.2, 0.25) is 0 Å². The molecule has 0 aromatic heterocycles. The van der Waals surface area contributed by atoms with Crippen LogP contribution in [0.4, 0.5) is 0 Å². The third-order valence-electron chi connectivity index (χ3n) is 2.08. The van der Waals surface area contributed by atoms with Crippen LogP contribution in [0, 0.1) is 5.41 Å². The van der Waals surface area contributed by atoms with Gasteiger partial charge in [0.15, 0.2) is 8.38 Å². The Bertz CT molecular complexity index is 158. The lowest BCUT2D eigenvalue weighted by Gasteiger charge is -2.28. The molecule has 78 valence electrons. The summed E-state index contributed by atoms with van der Waals surface area (Å²) >= 11 is 0. The van der Waals surface area contributed by atoms with Gasteiger partial charge in [0, 0.05) is 5.16 Å². The summed E-state index contributed by atoms with van der Waals surface area (Å²) in [6.45, 7) is 13.9. The van der Waals surface area contributed by atoms with E-state index in [0.717, 1.165) is 6.61 Å². The van der Waals surface area contributed by atoms with Crippen LogP contribution in [-0.2, 0) is 9.05 Å². The van der Waals surface area contributed by atoms with E-state index in [0.29, 0.717) is 0 Å². The maximum absolute atomic E-state index is 5.93. The maximum atomic E-state index is 5.93. The molecule has 3 heteroatoms. The first-order valence-electron chi connectivity index (χ1n) is 4.81. The Morgan fingerprint density at radius 2 is 1.62 bits per heavy atom. The summed E-state index contributed by atoms with van der Waals surface area (Å²) in [6, 6.07) is 0. The average Bonchev–Trinajstić information content (AvgIpc) is 2.28. The van der Waals surface area contributed by atoms with Crippen LogP contribution in [0.2, 0.25) is 0 Å². The van der Waals surface area contributed by atoms with Crippen LogP contribution >= 0.6 is 8.38 Å². The van der Waals surface area contributed by atoms with Gasteiger partial charge < -0.3 is 9.05 Å². The average molecular weight is 204 g/mol. The predicted molar refractivity (Wildman–Crippen MR) is 57.0 cm³/mol. The van der Waals surface area contributed by atoms with Crippen molar-refractivity contribution in [3.05, 3.63) is 0 Å². The fourth-order valence-electron chi connectivity index (χ4n) is 1.07. The molecule has 2 atom stereocenters. The quantitative estimate of drug-likeness (QED) is 0.562. The van der Waals surface area contributed by atoms with Gasteiger partial charge in [-0.3, -0.25) is 0 Å². The molecule has 1 saturated heterocycles. The standard InChI is InChI=1S/C10H21O2P/c1-9(2,3)8-7-11-13(12-8)10(4,5)6/h8H,7H2,1-6H3/t8-,13-/m0/s1. The third-order valence-corrected chi connectivity index (χ3v) is 4.00. The lowest BCUT2D eigenvalue weighted by Crippen LogP contribution is -2.27. The maximum Gasteiger partial charge on any atom is 0.176 e. The molecule has 0 N–H and O–H groups in total. The van der Waals surface area contributed by atoms with E-state index in [4.69, 9.17) is 9.05 Å². The van der Waals surface area contributed by atoms with Crippen molar-refractivity contribution < 1.29 is 9.05 Å². The van der Waals surface area contributed by atoms with Crippen LogP contribution in [0.25, 0.3) is 0 Å². The van der Waals surface area contributed by atoms with Gasteiger partial charge in [0.25, 0.3) is 0 Å². The molecular formula is C10H21O2P. The van der Waals surface area contributed by atoms with Crippen molar-refractivity contribution in [3.8, 4) is 0 Å². The van der Waals surface area contributed by atoms with Gasteiger partial charge in [-0.2, -0.15) is 0 Å². The largest absolute Gasteiger partial charge is 0.331 e. The molecule has 13 heavy (non-hydrogen) atoms. The van der Waals surface area contributed by atoms with E-state index in [1.54, 1.807) is 0 Å². The second-order valence-corrected chi connectivity index (χ2v) is 8.01. The van der Waals surface area contributed by atoms with Crippen molar-refractivity contribution in [1.29, 1.82) is 0 Å². The molecule has 1 fully saturated rings. The van der Waals surface area contributed by atoms with Crippen LogP contribution in [0.1, 0.15) is 41.5 Å². The van der Waals surface area contributed by atoms with Crippen LogP contribution in [0.15, 0.2) is 0 Å². The zero-order chi connectivity index (χ0) is 10.3. The van der Waals surface area contributed by atoms with Crippen LogP contribution in [-0.4, -0.2) is 17.9 Å². The second kappa shape index (κ2) is 3.49. The van der Waals surface area contributed by atoms with Gasteiger partial charge in [-0.1, -0.05) is 41.5 Å². The van der Waals surface area contributed by atoms with Crippen molar-refractivity contribution in [3.63, 3.8) is 0 Å². The Hall–Kier alpha value is 0.350. The summed E-state index contributed by atoms with van der Waals surface area (Å²) in [7, 11) is -0.690. The fraction of sp³-hybridized carbons (Fsp3) is 1.00. The zero-order valence-electron chi connectivity index (χ0n) is 9.55. The van der Waals surface area contributed by atoms with Gasteiger partial charge in [-0.25, -0.2) is 0 Å². The number of hydrogen-bond acceptors (Lipinski definition) is 2. The molecule has 1 aliphatic heterocycles. The Labute approximate surface area is 82.9 Å². The Morgan fingerprint density at radius 1 is 1.08 bits per heavy atom. The molecule has 0 amide bonds. The van der Waals surface area contributed by atoms with Crippen molar-refractivity contribution in [2.24, 2.45) is 5.41 Å². The van der Waals surface area contributed by atoms with E-state index in [1.807, 2.05) is 0 Å². The summed E-state index contributed by atoms with van der Waals surface area (Å²) in [5.74, 6) is 0. The van der Waals surface area contributed by atoms with Crippen LogP contribution < -0.4 is 0 Å². The lowest BCUT2D eigenvalue weighted by atomic mass is 9.90. The zero-order valence-corrected chi connectivity index (χ0v) is 10.4. The molecule has 1 heterocycles. The molecule has 0 saturated carbocycles. The second-order valence-electron chi connectivity index (χ2n) is 5.68. The first kappa shape index (κ1) is 11.4. The van der Waals surface area contributed by atoms with E-state index in [9.17, 15) is 0 Å². The topological polar surface area (TPSA) is 18.5 Å². The van der Waals surface area contributed by atoms with Gasteiger partial charge in [0.1, 0.15) is 0 Å². The highest BCUT2D eigenvalue weighted by Gasteiger charge is 2.40. The Morgan fingerprint density at radius 3 is 1.85 bits per heavy atom. The molecule has 2 nitrogen and oxygen atoms in total. The third kappa shape index (κ3) is 2.90. The normalized spacial score (nSPS) is 30.9. The van der Waals surface area contributed by atoms with Crippen molar-refractivity contribution in [2.45, 2.75) is 52.8 Å². The predicted octanol–water partition coefficient (Wildman–Crippen LogP) is 3.56. The summed E-state index contributed by atoms with van der Waals surface area (Å²) in [5.41, 5.74) is 0.197. The number of hydrogen-bond donors (Lipinski definition) is 0. The minimum atomic E-state index is -0.690. The molecule has 0 aliphatic carbocycles. The smallest absolute Gasteiger partial charge is 0.176 e. The van der Waals surface area contributed by atoms with E-state index >= 15 is 0 Å². The van der Waals surface area contributed by atoms with Crippen molar-refractivity contribution in [1.82, 2.24) is 0 Å². The summed E-state index contributed by atoms with van der Waals surface area (Å²) in [4.78, 5) is 0. The summed E-state index contributed by atoms with van der Waals surface area (Å²) in [6.07, 6.45) is 0.262. The minimum absolute atomic E-state index is 0.148. The molecule has 1 rings (SSSR count). The number of rotatable bonds is 0. The Balaban J connectivity index is 2.55. The van der Waals surface area contributed by atoms with Gasteiger partial charge in [-0.05, 0) is 5.41 Å². The monoisotopic (exact) mass is 204 g/mol. The summed E-state index contributed by atoms with van der Waals surface area (Å²) in [5, 5.41) is 0.148. The minimum Gasteiger partial charge on any atom is -0.331 e. The Kier molecular flexibility index (Phi) is 3.07. The molecule has 0 aromatic carbocycles. The molecular weight excluding hydrogens is 183 g/mol. The molecule has 0 unspecified atom stereocenters. The van der Waals surface area contributed by atoms with E-state index < -0.39 is 8.38 Å². The van der Waals surface area contributed by atoms with Crippen molar-refractivity contribution in [2.75, 3.05) is 6.61 Å². The summed E-state index contributed by atoms with van der Waals surface area (Å²) < 4.78 is 11.6. The molecule has 1 aliphatic rings. The molecule has 0 spiro atoms. The van der Waals surface area contributed by atoms with Crippen LogP contribution in [0.3, 0.4) is 0 Å². The van der Waals surface area contributed by atoms with Gasteiger partial charge in [-0.15, -0.1) is 0 Å². The lowest BCUT2D eigenvalue weighted by molar-refractivity contribution is 0.110. The highest BCUT2D eigenvalue weighted by Crippen LogP contribution is 2.57. The van der Waals surface area contributed by atoms with E-state index in [-0.39, 0.29) is 16.7 Å². The van der Waals surface area contributed by atoms with Gasteiger partial charge >= 0.3 is 0 Å². The fourth-order valence-corrected chi connectivity index (χ4v) is 2.72. The van der Waals surface area contributed by atoms with E-state index in [2.05, 4.69) is 41.5 Å². The molecule has 0 aromatic rings. The highest BCUT2D eigenvalue weighted by molar-refractivity contribution is 7.49. The van der Waals surface area contributed by atoms with Gasteiger partial charge in [0.05, 0.1) is 12.7 Å². The molecule has 0 radical (unpaired) electrons. The first-order chi connectivity index (χ1) is 5.71. The highest BCUT2D eigenvalue weighted by atomic mass is 31.2.